The van der Waals surface area contributed by atoms with E-state index in [1.165, 1.54) is 17.5 Å². The third-order valence-electron chi connectivity index (χ3n) is 2.25. The summed E-state index contributed by atoms with van der Waals surface area (Å²) < 4.78 is 25.6. The molecule has 14 heavy (non-hydrogen) atoms. The number of rotatable bonds is 2. The first kappa shape index (κ1) is 9.64. The molecule has 3 N–H and O–H groups in total. The highest BCUT2D eigenvalue weighted by molar-refractivity contribution is 7.19. The Morgan fingerprint density at radius 1 is 1.64 bits per heavy atom. The fraction of sp³-hybridized carbons (Fsp3) is 0.625. The molecular formula is C8H11F2N3S. The molecule has 0 radical (unpaired) electrons. The van der Waals surface area contributed by atoms with Crippen molar-refractivity contribution in [3.05, 3.63) is 6.20 Å². The van der Waals surface area contributed by atoms with Gasteiger partial charge in [0, 0.05) is 18.9 Å². The van der Waals surface area contributed by atoms with Crippen LogP contribution in [-0.4, -0.2) is 16.9 Å². The van der Waals surface area contributed by atoms with Gasteiger partial charge < -0.3 is 11.1 Å². The predicted octanol–water partition coefficient (Wildman–Crippen LogP) is 2.33. The zero-order valence-corrected chi connectivity index (χ0v) is 8.28. The Morgan fingerprint density at radius 3 is 2.93 bits per heavy atom. The van der Waals surface area contributed by atoms with E-state index >= 15 is 0 Å². The molecule has 0 saturated heterocycles. The minimum absolute atomic E-state index is 0.0362. The maximum atomic E-state index is 12.8. The molecule has 1 fully saturated rings. The monoisotopic (exact) mass is 219 g/mol. The van der Waals surface area contributed by atoms with Gasteiger partial charge in [0.05, 0.1) is 6.20 Å². The molecule has 1 atom stereocenters. The number of nitrogens with two attached hydrogens (primary N) is 1. The summed E-state index contributed by atoms with van der Waals surface area (Å²) in [6.07, 6.45) is 1.88. The third-order valence-corrected chi connectivity index (χ3v) is 3.01. The van der Waals surface area contributed by atoms with Gasteiger partial charge >= 0.3 is 0 Å². The summed E-state index contributed by atoms with van der Waals surface area (Å²) in [5.74, 6) is -2.51. The van der Waals surface area contributed by atoms with Crippen LogP contribution in [0.15, 0.2) is 6.20 Å². The van der Waals surface area contributed by atoms with Crippen LogP contribution >= 0.6 is 11.3 Å². The van der Waals surface area contributed by atoms with E-state index in [9.17, 15) is 8.78 Å². The van der Waals surface area contributed by atoms with Gasteiger partial charge in [-0.3, -0.25) is 0 Å². The van der Waals surface area contributed by atoms with E-state index < -0.39 is 5.92 Å². The summed E-state index contributed by atoms with van der Waals surface area (Å²) in [5.41, 5.74) is 5.47. The lowest BCUT2D eigenvalue weighted by molar-refractivity contribution is 0.00853. The molecule has 78 valence electrons. The Hall–Kier alpha value is -0.910. The van der Waals surface area contributed by atoms with Crippen LogP contribution in [0.1, 0.15) is 19.3 Å². The van der Waals surface area contributed by atoms with Crippen LogP contribution in [0.4, 0.5) is 18.9 Å². The second-order valence-corrected chi connectivity index (χ2v) is 4.57. The van der Waals surface area contributed by atoms with Gasteiger partial charge in [-0.25, -0.2) is 13.8 Å². The number of alkyl halides is 2. The van der Waals surface area contributed by atoms with Crippen LogP contribution in [-0.2, 0) is 0 Å². The Labute approximate surface area is 84.3 Å². The highest BCUT2D eigenvalue weighted by atomic mass is 32.1. The summed E-state index contributed by atoms with van der Waals surface area (Å²) in [4.78, 5) is 3.96. The number of thiazole rings is 1. The van der Waals surface area contributed by atoms with Gasteiger partial charge in [0.1, 0.15) is 5.00 Å². The van der Waals surface area contributed by atoms with E-state index in [0.717, 1.165) is 0 Å². The van der Waals surface area contributed by atoms with E-state index in [1.54, 1.807) is 0 Å². The number of aromatic nitrogens is 1. The Morgan fingerprint density at radius 2 is 2.43 bits per heavy atom. The lowest BCUT2D eigenvalue weighted by Crippen LogP contribution is -2.18. The van der Waals surface area contributed by atoms with Crippen molar-refractivity contribution in [2.75, 3.05) is 11.1 Å². The molecule has 0 bridgehead atoms. The van der Waals surface area contributed by atoms with E-state index in [-0.39, 0.29) is 18.9 Å². The summed E-state index contributed by atoms with van der Waals surface area (Å²) in [7, 11) is 0. The first-order valence-corrected chi connectivity index (χ1v) is 5.22. The molecule has 1 saturated carbocycles. The first-order chi connectivity index (χ1) is 6.55. The molecule has 1 aromatic rings. The van der Waals surface area contributed by atoms with Crippen molar-refractivity contribution >= 4 is 21.5 Å². The van der Waals surface area contributed by atoms with Crippen molar-refractivity contribution in [2.45, 2.75) is 31.2 Å². The second-order valence-electron chi connectivity index (χ2n) is 3.51. The van der Waals surface area contributed by atoms with Gasteiger partial charge in [0.25, 0.3) is 0 Å². The summed E-state index contributed by atoms with van der Waals surface area (Å²) >= 11 is 1.29. The van der Waals surface area contributed by atoms with Crippen molar-refractivity contribution in [3.63, 3.8) is 0 Å². The predicted molar refractivity (Wildman–Crippen MR) is 52.7 cm³/mol. The number of halogens is 2. The van der Waals surface area contributed by atoms with E-state index in [4.69, 9.17) is 5.73 Å². The highest BCUT2D eigenvalue weighted by Gasteiger charge is 2.39. The Balaban J connectivity index is 1.94. The van der Waals surface area contributed by atoms with Gasteiger partial charge in [-0.1, -0.05) is 11.3 Å². The summed E-state index contributed by atoms with van der Waals surface area (Å²) in [6.45, 7) is 0. The normalized spacial score (nSPS) is 25.1. The number of nitrogens with zero attached hydrogens (tertiary/aromatic N) is 1. The minimum Gasteiger partial charge on any atom is -0.389 e. The molecule has 6 heteroatoms. The highest BCUT2D eigenvalue weighted by Crippen LogP contribution is 2.36. The quantitative estimate of drug-likeness (QED) is 0.802. The van der Waals surface area contributed by atoms with Crippen molar-refractivity contribution in [1.82, 2.24) is 4.98 Å². The first-order valence-electron chi connectivity index (χ1n) is 4.41. The van der Waals surface area contributed by atoms with Gasteiger partial charge in [-0.05, 0) is 6.42 Å². The Kier molecular flexibility index (Phi) is 2.30. The number of nitrogen functional groups attached to an aromatic ring is 1. The molecule has 1 heterocycles. The smallest absolute Gasteiger partial charge is 0.250 e. The topological polar surface area (TPSA) is 50.9 Å². The van der Waals surface area contributed by atoms with Gasteiger partial charge in [-0.15, -0.1) is 0 Å². The molecule has 0 aromatic carbocycles. The second kappa shape index (κ2) is 3.34. The maximum absolute atomic E-state index is 12.8. The zero-order chi connectivity index (χ0) is 10.2. The number of nitrogens with one attached hydrogen (secondary N) is 1. The molecule has 1 unspecified atom stereocenters. The fourth-order valence-corrected chi connectivity index (χ4v) is 2.26. The third kappa shape index (κ3) is 2.12. The summed E-state index contributed by atoms with van der Waals surface area (Å²) in [6, 6.07) is -0.171. The van der Waals surface area contributed by atoms with E-state index in [0.29, 0.717) is 16.6 Å². The minimum atomic E-state index is -2.51. The van der Waals surface area contributed by atoms with Crippen LogP contribution in [0.2, 0.25) is 0 Å². The maximum Gasteiger partial charge on any atom is 0.250 e. The SMILES string of the molecule is Nc1cnc(NC2CCC(F)(F)C2)s1. The average Bonchev–Trinajstić information content (AvgIpc) is 2.59. The van der Waals surface area contributed by atoms with Crippen molar-refractivity contribution < 1.29 is 8.78 Å². The van der Waals surface area contributed by atoms with Gasteiger partial charge in [-0.2, -0.15) is 0 Å². The largest absolute Gasteiger partial charge is 0.389 e. The molecule has 0 aliphatic heterocycles. The number of anilines is 2. The van der Waals surface area contributed by atoms with Crippen molar-refractivity contribution in [3.8, 4) is 0 Å². The van der Waals surface area contributed by atoms with Gasteiger partial charge in [0.2, 0.25) is 5.92 Å². The molecular weight excluding hydrogens is 208 g/mol. The Bertz CT molecular complexity index is 326. The van der Waals surface area contributed by atoms with Gasteiger partial charge in [0.15, 0.2) is 5.13 Å². The zero-order valence-electron chi connectivity index (χ0n) is 7.46. The summed E-state index contributed by atoms with van der Waals surface area (Å²) in [5, 5.41) is 4.19. The lowest BCUT2D eigenvalue weighted by atomic mass is 10.2. The molecule has 0 amide bonds. The molecule has 1 aliphatic carbocycles. The molecule has 1 aromatic heterocycles. The van der Waals surface area contributed by atoms with Crippen molar-refractivity contribution in [1.29, 1.82) is 0 Å². The molecule has 2 rings (SSSR count). The van der Waals surface area contributed by atoms with E-state index in [2.05, 4.69) is 10.3 Å². The number of hydrogen-bond donors (Lipinski definition) is 2. The van der Waals surface area contributed by atoms with Crippen molar-refractivity contribution in [2.24, 2.45) is 0 Å². The van der Waals surface area contributed by atoms with Crippen LogP contribution in [0.5, 0.6) is 0 Å². The lowest BCUT2D eigenvalue weighted by Gasteiger charge is -2.11. The van der Waals surface area contributed by atoms with Crippen LogP contribution < -0.4 is 11.1 Å². The van der Waals surface area contributed by atoms with E-state index in [1.807, 2.05) is 0 Å². The van der Waals surface area contributed by atoms with Crippen LogP contribution in [0.25, 0.3) is 0 Å². The molecule has 1 aliphatic rings. The fourth-order valence-electron chi connectivity index (χ4n) is 1.60. The molecule has 0 spiro atoms. The standard InChI is InChI=1S/C8H11F2N3S/c9-8(10)2-1-5(3-8)13-7-12-4-6(11)14-7/h4-5H,1-3,11H2,(H,12,13). The number of hydrogen-bond acceptors (Lipinski definition) is 4. The van der Waals surface area contributed by atoms with Crippen LogP contribution in [0, 0.1) is 0 Å². The van der Waals surface area contributed by atoms with Crippen LogP contribution in [0.3, 0.4) is 0 Å². The average molecular weight is 219 g/mol. The molecule has 3 nitrogen and oxygen atoms in total.